The molecule has 0 saturated heterocycles. The lowest BCUT2D eigenvalue weighted by atomic mass is 10.3. The Labute approximate surface area is 77.2 Å². The van der Waals surface area contributed by atoms with Crippen LogP contribution in [0.4, 0.5) is 5.69 Å². The van der Waals surface area contributed by atoms with E-state index in [4.69, 9.17) is 10.5 Å². The summed E-state index contributed by atoms with van der Waals surface area (Å²) >= 11 is 0. The van der Waals surface area contributed by atoms with Crippen molar-refractivity contribution in [1.82, 2.24) is 0 Å². The number of sulfone groups is 1. The standard InChI is InChI=1S/C8H11NO3S/c1-12-7-4-3-6(9)5-8(7)13(2,10)11/h3-5H,9H2,1-2H3. The van der Waals surface area contributed by atoms with E-state index >= 15 is 0 Å². The molecule has 5 heteroatoms. The van der Waals surface area contributed by atoms with E-state index in [-0.39, 0.29) is 4.90 Å². The summed E-state index contributed by atoms with van der Waals surface area (Å²) in [6, 6.07) is 4.51. The molecule has 0 unspecified atom stereocenters. The maximum absolute atomic E-state index is 11.2. The summed E-state index contributed by atoms with van der Waals surface area (Å²) in [5, 5.41) is 0. The summed E-state index contributed by atoms with van der Waals surface area (Å²) in [4.78, 5) is 0.120. The van der Waals surface area contributed by atoms with Crippen molar-refractivity contribution in [3.8, 4) is 5.75 Å². The molecule has 0 saturated carbocycles. The molecular formula is C8H11NO3S. The van der Waals surface area contributed by atoms with Gasteiger partial charge in [-0.15, -0.1) is 0 Å². The zero-order valence-corrected chi connectivity index (χ0v) is 8.26. The number of methoxy groups -OCH3 is 1. The first-order valence-electron chi connectivity index (χ1n) is 3.58. The van der Waals surface area contributed by atoms with Gasteiger partial charge >= 0.3 is 0 Å². The van der Waals surface area contributed by atoms with Gasteiger partial charge in [0.25, 0.3) is 0 Å². The van der Waals surface area contributed by atoms with Crippen LogP contribution in [0.3, 0.4) is 0 Å². The van der Waals surface area contributed by atoms with E-state index in [0.29, 0.717) is 11.4 Å². The third kappa shape index (κ3) is 2.12. The monoisotopic (exact) mass is 201 g/mol. The van der Waals surface area contributed by atoms with Crippen molar-refractivity contribution < 1.29 is 13.2 Å². The molecule has 0 bridgehead atoms. The molecule has 72 valence electrons. The Bertz CT molecular complexity index is 411. The average molecular weight is 201 g/mol. The van der Waals surface area contributed by atoms with Crippen molar-refractivity contribution in [3.63, 3.8) is 0 Å². The second kappa shape index (κ2) is 3.26. The van der Waals surface area contributed by atoms with Gasteiger partial charge in [-0.1, -0.05) is 0 Å². The van der Waals surface area contributed by atoms with Crippen LogP contribution in [0.5, 0.6) is 5.75 Å². The molecule has 0 aliphatic carbocycles. The number of nitrogen functional groups attached to an aromatic ring is 1. The van der Waals surface area contributed by atoms with E-state index in [2.05, 4.69) is 0 Å². The van der Waals surface area contributed by atoms with Crippen LogP contribution in [-0.4, -0.2) is 21.8 Å². The van der Waals surface area contributed by atoms with E-state index < -0.39 is 9.84 Å². The molecule has 4 nitrogen and oxygen atoms in total. The Morgan fingerprint density at radius 3 is 2.46 bits per heavy atom. The minimum atomic E-state index is -3.27. The lowest BCUT2D eigenvalue weighted by molar-refractivity contribution is 0.403. The van der Waals surface area contributed by atoms with Crippen molar-refractivity contribution in [1.29, 1.82) is 0 Å². The van der Waals surface area contributed by atoms with Crippen molar-refractivity contribution in [3.05, 3.63) is 18.2 Å². The van der Waals surface area contributed by atoms with Crippen molar-refractivity contribution in [2.45, 2.75) is 4.90 Å². The second-order valence-corrected chi connectivity index (χ2v) is 4.67. The van der Waals surface area contributed by atoms with Gasteiger partial charge in [0.1, 0.15) is 10.6 Å². The fourth-order valence-electron chi connectivity index (χ4n) is 0.983. The highest BCUT2D eigenvalue weighted by Crippen LogP contribution is 2.25. The van der Waals surface area contributed by atoms with Gasteiger partial charge in [-0.3, -0.25) is 0 Å². The van der Waals surface area contributed by atoms with Crippen molar-refractivity contribution in [2.24, 2.45) is 0 Å². The lowest BCUT2D eigenvalue weighted by Crippen LogP contribution is -2.01. The van der Waals surface area contributed by atoms with E-state index in [9.17, 15) is 8.42 Å². The SMILES string of the molecule is COc1ccc(N)cc1S(C)(=O)=O. The summed E-state index contributed by atoms with van der Waals surface area (Å²) in [5.41, 5.74) is 5.86. The van der Waals surface area contributed by atoms with Crippen LogP contribution in [0, 0.1) is 0 Å². The first-order valence-corrected chi connectivity index (χ1v) is 5.48. The maximum atomic E-state index is 11.2. The highest BCUT2D eigenvalue weighted by atomic mass is 32.2. The average Bonchev–Trinajstić information content (AvgIpc) is 2.03. The number of hydrogen-bond acceptors (Lipinski definition) is 4. The lowest BCUT2D eigenvalue weighted by Gasteiger charge is -2.06. The molecule has 0 amide bonds. The Kier molecular flexibility index (Phi) is 2.47. The van der Waals surface area contributed by atoms with Gasteiger partial charge in [0.05, 0.1) is 7.11 Å². The molecule has 0 atom stereocenters. The molecule has 0 aliphatic rings. The Hall–Kier alpha value is -1.23. The van der Waals surface area contributed by atoms with Gasteiger partial charge in [-0.05, 0) is 18.2 Å². The Morgan fingerprint density at radius 2 is 2.00 bits per heavy atom. The van der Waals surface area contributed by atoms with Crippen LogP contribution in [0.25, 0.3) is 0 Å². The Morgan fingerprint density at radius 1 is 1.38 bits per heavy atom. The first-order chi connectivity index (χ1) is 5.95. The minimum Gasteiger partial charge on any atom is -0.495 e. The summed E-state index contributed by atoms with van der Waals surface area (Å²) in [6.45, 7) is 0. The topological polar surface area (TPSA) is 69.4 Å². The first kappa shape index (κ1) is 9.85. The molecular weight excluding hydrogens is 190 g/mol. The zero-order chi connectivity index (χ0) is 10.1. The van der Waals surface area contributed by atoms with Gasteiger partial charge in [0.15, 0.2) is 9.84 Å². The number of hydrogen-bond donors (Lipinski definition) is 1. The van der Waals surface area contributed by atoms with Crippen LogP contribution in [0.1, 0.15) is 0 Å². The number of benzene rings is 1. The van der Waals surface area contributed by atoms with Crippen LogP contribution >= 0.6 is 0 Å². The fraction of sp³-hybridized carbons (Fsp3) is 0.250. The second-order valence-electron chi connectivity index (χ2n) is 2.68. The molecule has 2 N–H and O–H groups in total. The van der Waals surface area contributed by atoms with Gasteiger partial charge in [0, 0.05) is 11.9 Å². The summed E-state index contributed by atoms with van der Waals surface area (Å²) < 4.78 is 27.4. The summed E-state index contributed by atoms with van der Waals surface area (Å²) in [5.74, 6) is 0.316. The quantitative estimate of drug-likeness (QED) is 0.714. The van der Waals surface area contributed by atoms with Gasteiger partial charge in [-0.2, -0.15) is 0 Å². The van der Waals surface area contributed by atoms with Gasteiger partial charge in [-0.25, -0.2) is 8.42 Å². The van der Waals surface area contributed by atoms with Crippen LogP contribution in [0.2, 0.25) is 0 Å². The summed E-state index contributed by atoms with van der Waals surface area (Å²) in [7, 11) is -1.86. The molecule has 0 aliphatic heterocycles. The zero-order valence-electron chi connectivity index (χ0n) is 7.44. The molecule has 0 fully saturated rings. The molecule has 1 aromatic rings. The maximum Gasteiger partial charge on any atom is 0.179 e. The van der Waals surface area contributed by atoms with E-state index in [1.54, 1.807) is 6.07 Å². The van der Waals surface area contributed by atoms with Crippen LogP contribution < -0.4 is 10.5 Å². The number of nitrogens with two attached hydrogens (primary N) is 1. The summed E-state index contributed by atoms with van der Waals surface area (Å²) in [6.07, 6.45) is 1.12. The molecule has 0 aromatic heterocycles. The highest BCUT2D eigenvalue weighted by molar-refractivity contribution is 7.90. The predicted molar refractivity (Wildman–Crippen MR) is 50.5 cm³/mol. The fourth-order valence-corrected chi connectivity index (χ4v) is 1.85. The molecule has 1 rings (SSSR count). The molecule has 1 aromatic carbocycles. The normalized spacial score (nSPS) is 11.2. The third-order valence-electron chi connectivity index (χ3n) is 1.59. The largest absolute Gasteiger partial charge is 0.495 e. The molecule has 13 heavy (non-hydrogen) atoms. The number of ether oxygens (including phenoxy) is 1. The van der Waals surface area contributed by atoms with Crippen molar-refractivity contribution >= 4 is 15.5 Å². The smallest absolute Gasteiger partial charge is 0.179 e. The van der Waals surface area contributed by atoms with Crippen LogP contribution in [-0.2, 0) is 9.84 Å². The molecule has 0 spiro atoms. The Balaban J connectivity index is 3.41. The molecule has 0 radical (unpaired) electrons. The minimum absolute atomic E-state index is 0.120. The highest BCUT2D eigenvalue weighted by Gasteiger charge is 2.13. The van der Waals surface area contributed by atoms with E-state index in [1.807, 2.05) is 0 Å². The number of rotatable bonds is 2. The van der Waals surface area contributed by atoms with Gasteiger partial charge in [0.2, 0.25) is 0 Å². The molecule has 0 heterocycles. The third-order valence-corrected chi connectivity index (χ3v) is 2.71. The number of anilines is 1. The van der Waals surface area contributed by atoms with E-state index in [1.165, 1.54) is 19.2 Å². The van der Waals surface area contributed by atoms with Crippen molar-refractivity contribution in [2.75, 3.05) is 19.1 Å². The van der Waals surface area contributed by atoms with E-state index in [0.717, 1.165) is 6.26 Å². The van der Waals surface area contributed by atoms with Gasteiger partial charge < -0.3 is 10.5 Å². The van der Waals surface area contributed by atoms with Crippen LogP contribution in [0.15, 0.2) is 23.1 Å². The predicted octanol–water partition coefficient (Wildman–Crippen LogP) is 0.681.